The number of nitrogens with two attached hydrogens (primary N) is 1. The molecule has 0 atom stereocenters. The maximum absolute atomic E-state index is 12.3. The number of ether oxygens (including phenoxy) is 1. The lowest BCUT2D eigenvalue weighted by molar-refractivity contribution is -0.167. The van der Waals surface area contributed by atoms with Crippen LogP contribution in [0, 0.1) is 17.3 Å². The standard InChI is InChI=1S/C17H30N2O2/c1-15(2,3)21-14(20)19(4)17-6-5-16(13(9-17)10-17)7-12(8-16)11-18/h12-13H,5-11,18H2,1-4H3. The Morgan fingerprint density at radius 2 is 1.86 bits per heavy atom. The van der Waals surface area contributed by atoms with Crippen LogP contribution < -0.4 is 5.73 Å². The summed E-state index contributed by atoms with van der Waals surface area (Å²) >= 11 is 0. The van der Waals surface area contributed by atoms with Crippen molar-refractivity contribution in [3.63, 3.8) is 0 Å². The molecule has 120 valence electrons. The molecular weight excluding hydrogens is 264 g/mol. The van der Waals surface area contributed by atoms with Crippen LogP contribution in [0.2, 0.25) is 0 Å². The topological polar surface area (TPSA) is 55.6 Å². The first-order valence-corrected chi connectivity index (χ1v) is 8.37. The second-order valence-corrected chi connectivity index (χ2v) is 8.74. The van der Waals surface area contributed by atoms with Gasteiger partial charge in [0.25, 0.3) is 0 Å². The molecule has 2 N–H and O–H groups in total. The second-order valence-electron chi connectivity index (χ2n) is 8.74. The molecule has 21 heavy (non-hydrogen) atoms. The number of carbonyl (C=O) groups is 1. The highest BCUT2D eigenvalue weighted by molar-refractivity contribution is 5.69. The number of nitrogens with zero attached hydrogens (tertiary/aromatic N) is 1. The normalized spacial score (nSPS) is 41.2. The number of hydrogen-bond acceptors (Lipinski definition) is 3. The Bertz CT molecular complexity index is 423. The SMILES string of the molecule is CN(C(=O)OC(C)(C)C)C12CCC3(CC(CN)C3)C(C1)C2. The van der Waals surface area contributed by atoms with Crippen LogP contribution in [0.3, 0.4) is 0 Å². The van der Waals surface area contributed by atoms with Crippen LogP contribution in [0.25, 0.3) is 0 Å². The molecule has 0 heterocycles. The summed E-state index contributed by atoms with van der Waals surface area (Å²) in [6, 6.07) is 0. The quantitative estimate of drug-likeness (QED) is 0.851. The molecule has 2 bridgehead atoms. The molecule has 0 aromatic carbocycles. The van der Waals surface area contributed by atoms with E-state index in [0.29, 0.717) is 5.41 Å². The molecule has 0 aromatic rings. The van der Waals surface area contributed by atoms with E-state index in [-0.39, 0.29) is 11.6 Å². The lowest BCUT2D eigenvalue weighted by Gasteiger charge is -2.68. The minimum absolute atomic E-state index is 0.0754. The van der Waals surface area contributed by atoms with Crippen LogP contribution in [0.15, 0.2) is 0 Å². The summed E-state index contributed by atoms with van der Waals surface area (Å²) in [6.45, 7) is 6.63. The number of rotatable bonds is 2. The van der Waals surface area contributed by atoms with E-state index in [4.69, 9.17) is 10.5 Å². The minimum atomic E-state index is -0.413. The number of fused-ring (bicyclic) bond motifs is 1. The van der Waals surface area contributed by atoms with E-state index in [1.54, 1.807) is 0 Å². The van der Waals surface area contributed by atoms with Crippen LogP contribution in [0.5, 0.6) is 0 Å². The third kappa shape index (κ3) is 2.36. The van der Waals surface area contributed by atoms with Crippen LogP contribution in [0.4, 0.5) is 4.79 Å². The Hall–Kier alpha value is -0.770. The van der Waals surface area contributed by atoms with E-state index in [0.717, 1.165) is 24.8 Å². The van der Waals surface area contributed by atoms with Crippen molar-refractivity contribution in [3.05, 3.63) is 0 Å². The summed E-state index contributed by atoms with van der Waals surface area (Å²) in [6.07, 6.45) is 7.21. The first kappa shape index (κ1) is 15.1. The monoisotopic (exact) mass is 294 g/mol. The summed E-state index contributed by atoms with van der Waals surface area (Å²) in [5.74, 6) is 1.56. The zero-order valence-electron chi connectivity index (χ0n) is 13.9. The Labute approximate surface area is 128 Å². The molecular formula is C17H30N2O2. The van der Waals surface area contributed by atoms with Crippen molar-refractivity contribution in [1.29, 1.82) is 0 Å². The Balaban J connectivity index is 1.59. The molecule has 4 aliphatic rings. The van der Waals surface area contributed by atoms with Crippen LogP contribution in [0.1, 0.15) is 59.3 Å². The van der Waals surface area contributed by atoms with Crippen molar-refractivity contribution >= 4 is 6.09 Å². The molecule has 4 fully saturated rings. The van der Waals surface area contributed by atoms with Gasteiger partial charge in [-0.1, -0.05) is 0 Å². The summed E-state index contributed by atoms with van der Waals surface area (Å²) < 4.78 is 5.54. The zero-order chi connectivity index (χ0) is 15.5. The van der Waals surface area contributed by atoms with Crippen molar-refractivity contribution < 1.29 is 9.53 Å². The largest absolute Gasteiger partial charge is 0.444 e. The average Bonchev–Trinajstić information content (AvgIpc) is 2.31. The fraction of sp³-hybridized carbons (Fsp3) is 0.941. The van der Waals surface area contributed by atoms with Gasteiger partial charge in [0.15, 0.2) is 0 Å². The fourth-order valence-electron chi connectivity index (χ4n) is 4.94. The lowest BCUT2D eigenvalue weighted by atomic mass is 9.41. The second kappa shape index (κ2) is 4.61. The van der Waals surface area contributed by atoms with Crippen LogP contribution in [-0.2, 0) is 4.74 Å². The van der Waals surface area contributed by atoms with Crippen molar-refractivity contribution in [2.75, 3.05) is 13.6 Å². The molecule has 1 amide bonds. The molecule has 4 rings (SSSR count). The smallest absolute Gasteiger partial charge is 0.410 e. The predicted octanol–water partition coefficient (Wildman–Crippen LogP) is 3.15. The molecule has 0 radical (unpaired) electrons. The molecule has 4 nitrogen and oxygen atoms in total. The highest BCUT2D eigenvalue weighted by Gasteiger charge is 2.63. The number of carbonyl (C=O) groups excluding carboxylic acids is 1. The van der Waals surface area contributed by atoms with E-state index >= 15 is 0 Å². The molecule has 1 spiro atoms. The molecule has 4 saturated carbocycles. The maximum Gasteiger partial charge on any atom is 0.410 e. The van der Waals surface area contributed by atoms with Crippen LogP contribution >= 0.6 is 0 Å². The summed E-state index contributed by atoms with van der Waals surface area (Å²) in [5, 5.41) is 0. The van der Waals surface area contributed by atoms with Gasteiger partial charge >= 0.3 is 6.09 Å². The van der Waals surface area contributed by atoms with Gasteiger partial charge in [0.1, 0.15) is 5.60 Å². The average molecular weight is 294 g/mol. The summed E-state index contributed by atoms with van der Waals surface area (Å²) in [4.78, 5) is 14.2. The van der Waals surface area contributed by atoms with Crippen molar-refractivity contribution in [2.24, 2.45) is 23.0 Å². The Morgan fingerprint density at radius 3 is 2.29 bits per heavy atom. The van der Waals surface area contributed by atoms with E-state index < -0.39 is 5.60 Å². The zero-order valence-corrected chi connectivity index (χ0v) is 13.9. The van der Waals surface area contributed by atoms with Crippen molar-refractivity contribution in [2.45, 2.75) is 70.4 Å². The van der Waals surface area contributed by atoms with Gasteiger partial charge in [-0.3, -0.25) is 0 Å². The van der Waals surface area contributed by atoms with Gasteiger partial charge in [-0.15, -0.1) is 0 Å². The van der Waals surface area contributed by atoms with E-state index in [2.05, 4.69) is 0 Å². The third-order valence-corrected chi connectivity index (χ3v) is 6.31. The van der Waals surface area contributed by atoms with Gasteiger partial charge < -0.3 is 15.4 Å². The van der Waals surface area contributed by atoms with Gasteiger partial charge in [-0.2, -0.15) is 0 Å². The van der Waals surface area contributed by atoms with E-state index in [9.17, 15) is 4.79 Å². The maximum atomic E-state index is 12.3. The fourth-order valence-corrected chi connectivity index (χ4v) is 4.94. The van der Waals surface area contributed by atoms with Crippen LogP contribution in [-0.4, -0.2) is 35.7 Å². The molecule has 4 aliphatic carbocycles. The van der Waals surface area contributed by atoms with Gasteiger partial charge in [-0.25, -0.2) is 4.79 Å². The first-order chi connectivity index (χ1) is 9.70. The van der Waals surface area contributed by atoms with Gasteiger partial charge in [0.05, 0.1) is 0 Å². The summed E-state index contributed by atoms with van der Waals surface area (Å²) in [7, 11) is 1.92. The third-order valence-electron chi connectivity index (χ3n) is 6.31. The van der Waals surface area contributed by atoms with Gasteiger partial charge in [0, 0.05) is 12.6 Å². The molecule has 0 aromatic heterocycles. The molecule has 4 heteroatoms. The van der Waals surface area contributed by atoms with E-state index in [1.165, 1.54) is 32.1 Å². The highest BCUT2D eigenvalue weighted by atomic mass is 16.6. The molecule has 0 unspecified atom stereocenters. The Morgan fingerprint density at radius 1 is 1.24 bits per heavy atom. The van der Waals surface area contributed by atoms with Gasteiger partial charge in [0.2, 0.25) is 0 Å². The molecule has 0 saturated heterocycles. The highest BCUT2D eigenvalue weighted by Crippen LogP contribution is 2.68. The van der Waals surface area contributed by atoms with E-state index in [1.807, 2.05) is 32.7 Å². The van der Waals surface area contributed by atoms with Gasteiger partial charge in [-0.05, 0) is 83.1 Å². The van der Waals surface area contributed by atoms with Crippen molar-refractivity contribution in [1.82, 2.24) is 4.90 Å². The first-order valence-electron chi connectivity index (χ1n) is 8.37. The summed E-state index contributed by atoms with van der Waals surface area (Å²) in [5.41, 5.74) is 6.02. The predicted molar refractivity (Wildman–Crippen MR) is 82.9 cm³/mol. The minimum Gasteiger partial charge on any atom is -0.444 e. The molecule has 0 aliphatic heterocycles. The van der Waals surface area contributed by atoms with Crippen molar-refractivity contribution in [3.8, 4) is 0 Å². The number of amides is 1. The lowest BCUT2D eigenvalue weighted by Crippen LogP contribution is -2.67. The number of hydrogen-bond donors (Lipinski definition) is 1. The Kier molecular flexibility index (Phi) is 3.32.